The molecule has 0 saturated carbocycles. The van der Waals surface area contributed by atoms with E-state index in [1.54, 1.807) is 18.2 Å². The lowest BCUT2D eigenvalue weighted by Crippen LogP contribution is -2.40. The highest BCUT2D eigenvalue weighted by atomic mass is 16.5. The summed E-state index contributed by atoms with van der Waals surface area (Å²) in [5.74, 6) is 1.15. The van der Waals surface area contributed by atoms with Crippen molar-refractivity contribution < 1.29 is 14.3 Å². The van der Waals surface area contributed by atoms with Gasteiger partial charge in [0, 0.05) is 6.20 Å². The van der Waals surface area contributed by atoms with Crippen molar-refractivity contribution in [3.05, 3.63) is 59.8 Å². The number of aromatic nitrogens is 1. The van der Waals surface area contributed by atoms with Crippen LogP contribution in [0.4, 0.5) is 5.69 Å². The number of carbonyl (C=O) groups excluding carboxylic acids is 1. The molecule has 5 heteroatoms. The molecule has 2 aromatic carbocycles. The average molecular weight is 362 g/mol. The highest BCUT2D eigenvalue weighted by Gasteiger charge is 2.29. The van der Waals surface area contributed by atoms with Crippen LogP contribution in [0, 0.1) is 6.92 Å². The van der Waals surface area contributed by atoms with Crippen LogP contribution in [0.3, 0.4) is 0 Å². The quantitative estimate of drug-likeness (QED) is 0.704. The van der Waals surface area contributed by atoms with Crippen molar-refractivity contribution in [2.45, 2.75) is 19.8 Å². The summed E-state index contributed by atoms with van der Waals surface area (Å²) in [7, 11) is 1.66. The van der Waals surface area contributed by atoms with Crippen molar-refractivity contribution in [1.82, 2.24) is 4.98 Å². The third kappa shape index (κ3) is 3.21. The summed E-state index contributed by atoms with van der Waals surface area (Å²) in [5.41, 5.74) is 2.75. The maximum atomic E-state index is 13.2. The number of rotatable bonds is 3. The molecule has 1 amide bonds. The van der Waals surface area contributed by atoms with Crippen molar-refractivity contribution in [1.29, 1.82) is 0 Å². The monoisotopic (exact) mass is 362 g/mol. The van der Waals surface area contributed by atoms with Crippen LogP contribution in [-0.2, 0) is 4.79 Å². The van der Waals surface area contributed by atoms with Crippen LogP contribution < -0.4 is 14.4 Å². The van der Waals surface area contributed by atoms with Gasteiger partial charge in [0.25, 0.3) is 0 Å². The predicted octanol–water partition coefficient (Wildman–Crippen LogP) is 4.08. The number of hydrogen-bond acceptors (Lipinski definition) is 4. The Morgan fingerprint density at radius 1 is 1.19 bits per heavy atom. The second-order valence-corrected chi connectivity index (χ2v) is 6.87. The highest BCUT2D eigenvalue weighted by molar-refractivity contribution is 5.99. The molecule has 0 unspecified atom stereocenters. The number of fused-ring (bicyclic) bond motifs is 2. The Bertz CT molecular complexity index is 1020. The molecule has 0 fully saturated rings. The molecule has 0 aliphatic carbocycles. The number of methoxy groups -OCH3 is 1. The molecule has 0 spiro atoms. The van der Waals surface area contributed by atoms with Crippen molar-refractivity contribution in [3.63, 3.8) is 0 Å². The molecule has 2 heterocycles. The predicted molar refractivity (Wildman–Crippen MR) is 106 cm³/mol. The van der Waals surface area contributed by atoms with Crippen LogP contribution in [0.2, 0.25) is 0 Å². The van der Waals surface area contributed by atoms with E-state index in [1.165, 1.54) is 0 Å². The van der Waals surface area contributed by atoms with Gasteiger partial charge >= 0.3 is 0 Å². The van der Waals surface area contributed by atoms with Crippen molar-refractivity contribution in [3.8, 4) is 11.6 Å². The number of anilines is 1. The lowest BCUT2D eigenvalue weighted by molar-refractivity contribution is -0.120. The molecule has 0 N–H and O–H groups in total. The van der Waals surface area contributed by atoms with Gasteiger partial charge in [-0.25, -0.2) is 4.98 Å². The highest BCUT2D eigenvalue weighted by Crippen LogP contribution is 2.33. The van der Waals surface area contributed by atoms with E-state index in [2.05, 4.69) is 11.1 Å². The van der Waals surface area contributed by atoms with Crippen LogP contribution in [0.15, 0.2) is 48.7 Å². The van der Waals surface area contributed by atoms with Crippen molar-refractivity contribution >= 4 is 22.4 Å². The SMILES string of the molecule is COc1ccc2cc([C@H](C)C(=O)N3CCOc4ncc(C)cc43)ccc2c1. The molecule has 1 aliphatic heterocycles. The minimum atomic E-state index is -0.261. The molecular formula is C22H22N2O3. The van der Waals surface area contributed by atoms with Gasteiger partial charge in [0.2, 0.25) is 11.8 Å². The second-order valence-electron chi connectivity index (χ2n) is 6.87. The van der Waals surface area contributed by atoms with E-state index in [0.29, 0.717) is 19.0 Å². The molecule has 0 radical (unpaired) electrons. The Morgan fingerprint density at radius 3 is 2.78 bits per heavy atom. The first kappa shape index (κ1) is 17.3. The number of benzene rings is 2. The Balaban J connectivity index is 1.65. The minimum absolute atomic E-state index is 0.0554. The lowest BCUT2D eigenvalue weighted by Gasteiger charge is -2.31. The van der Waals surface area contributed by atoms with Crippen LogP contribution in [-0.4, -0.2) is 31.2 Å². The van der Waals surface area contributed by atoms with Crippen LogP contribution in [0.1, 0.15) is 24.0 Å². The van der Waals surface area contributed by atoms with E-state index < -0.39 is 0 Å². The number of nitrogens with zero attached hydrogens (tertiary/aromatic N) is 2. The van der Waals surface area contributed by atoms with Gasteiger partial charge in [-0.2, -0.15) is 0 Å². The van der Waals surface area contributed by atoms with Gasteiger partial charge in [-0.3, -0.25) is 4.79 Å². The number of carbonyl (C=O) groups is 1. The molecule has 1 aromatic heterocycles. The summed E-state index contributed by atoms with van der Waals surface area (Å²) in [4.78, 5) is 19.3. The number of ether oxygens (including phenoxy) is 2. The summed E-state index contributed by atoms with van der Waals surface area (Å²) < 4.78 is 10.9. The zero-order valence-corrected chi connectivity index (χ0v) is 15.7. The maximum Gasteiger partial charge on any atom is 0.238 e. The van der Waals surface area contributed by atoms with E-state index in [0.717, 1.165) is 33.3 Å². The largest absolute Gasteiger partial charge is 0.497 e. The minimum Gasteiger partial charge on any atom is -0.497 e. The van der Waals surface area contributed by atoms with Gasteiger partial charge in [0.05, 0.1) is 19.6 Å². The fourth-order valence-corrected chi connectivity index (χ4v) is 3.44. The normalized spacial score (nSPS) is 14.4. The van der Waals surface area contributed by atoms with Gasteiger partial charge in [0.1, 0.15) is 18.0 Å². The molecule has 0 saturated heterocycles. The zero-order valence-electron chi connectivity index (χ0n) is 15.7. The summed E-state index contributed by atoms with van der Waals surface area (Å²) >= 11 is 0. The summed E-state index contributed by atoms with van der Waals surface area (Å²) in [6.45, 7) is 4.90. The molecule has 4 rings (SSSR count). The van der Waals surface area contributed by atoms with Crippen LogP contribution in [0.5, 0.6) is 11.6 Å². The molecule has 5 nitrogen and oxygen atoms in total. The third-order valence-corrected chi connectivity index (χ3v) is 5.02. The number of aryl methyl sites for hydroxylation is 1. The standard InChI is InChI=1S/C22H22N2O3/c1-14-10-20-21(23-13-14)27-9-8-24(20)22(25)15(2)16-4-5-18-12-19(26-3)7-6-17(18)11-16/h4-7,10-13,15H,8-9H2,1-3H3/t15-/m0/s1. The molecule has 0 bridgehead atoms. The molecule has 3 aromatic rings. The summed E-state index contributed by atoms with van der Waals surface area (Å²) in [6, 6.07) is 14.0. The first-order chi connectivity index (χ1) is 13.1. The smallest absolute Gasteiger partial charge is 0.238 e. The fraction of sp³-hybridized carbons (Fsp3) is 0.273. The first-order valence-electron chi connectivity index (χ1n) is 9.05. The van der Waals surface area contributed by atoms with Gasteiger partial charge in [-0.15, -0.1) is 0 Å². The number of amides is 1. The van der Waals surface area contributed by atoms with Crippen LogP contribution >= 0.6 is 0 Å². The van der Waals surface area contributed by atoms with Gasteiger partial charge in [-0.1, -0.05) is 24.3 Å². The summed E-state index contributed by atoms with van der Waals surface area (Å²) in [5, 5.41) is 2.18. The third-order valence-electron chi connectivity index (χ3n) is 5.02. The van der Waals surface area contributed by atoms with E-state index in [1.807, 2.05) is 50.2 Å². The van der Waals surface area contributed by atoms with Gasteiger partial charge in [-0.05, 0) is 53.9 Å². The zero-order chi connectivity index (χ0) is 19.0. The van der Waals surface area contributed by atoms with Crippen molar-refractivity contribution in [2.24, 2.45) is 0 Å². The fourth-order valence-electron chi connectivity index (χ4n) is 3.44. The van der Waals surface area contributed by atoms with Crippen molar-refractivity contribution in [2.75, 3.05) is 25.2 Å². The second kappa shape index (κ2) is 6.91. The molecule has 138 valence electrons. The Kier molecular flexibility index (Phi) is 4.44. The molecular weight excluding hydrogens is 340 g/mol. The summed E-state index contributed by atoms with van der Waals surface area (Å²) in [6.07, 6.45) is 1.76. The average Bonchev–Trinajstić information content (AvgIpc) is 2.71. The lowest BCUT2D eigenvalue weighted by atomic mass is 9.96. The Hall–Kier alpha value is -3.08. The number of hydrogen-bond donors (Lipinski definition) is 0. The number of pyridine rings is 1. The van der Waals surface area contributed by atoms with Gasteiger partial charge < -0.3 is 14.4 Å². The molecule has 27 heavy (non-hydrogen) atoms. The Labute approximate surface area is 158 Å². The Morgan fingerprint density at radius 2 is 1.96 bits per heavy atom. The van der Waals surface area contributed by atoms with E-state index in [9.17, 15) is 4.79 Å². The van der Waals surface area contributed by atoms with E-state index in [-0.39, 0.29) is 11.8 Å². The topological polar surface area (TPSA) is 51.7 Å². The van der Waals surface area contributed by atoms with E-state index >= 15 is 0 Å². The van der Waals surface area contributed by atoms with Gasteiger partial charge in [0.15, 0.2) is 0 Å². The maximum absolute atomic E-state index is 13.2. The van der Waals surface area contributed by atoms with Crippen LogP contribution in [0.25, 0.3) is 10.8 Å². The molecule has 1 atom stereocenters. The van der Waals surface area contributed by atoms with E-state index in [4.69, 9.17) is 9.47 Å². The first-order valence-corrected chi connectivity index (χ1v) is 9.05. The molecule has 1 aliphatic rings.